The van der Waals surface area contributed by atoms with Gasteiger partial charge >= 0.3 is 6.09 Å². The van der Waals surface area contributed by atoms with Gasteiger partial charge in [-0.1, -0.05) is 6.07 Å². The number of carbonyl (C=O) groups is 1. The summed E-state index contributed by atoms with van der Waals surface area (Å²) in [6, 6.07) is 10.3. The minimum atomic E-state index is -0.470. The van der Waals surface area contributed by atoms with E-state index < -0.39 is 5.60 Å². The Bertz CT molecular complexity index is 690. The van der Waals surface area contributed by atoms with Crippen molar-refractivity contribution in [3.63, 3.8) is 0 Å². The van der Waals surface area contributed by atoms with Crippen molar-refractivity contribution in [3.05, 3.63) is 46.2 Å². The van der Waals surface area contributed by atoms with Gasteiger partial charge in [-0.2, -0.15) is 0 Å². The van der Waals surface area contributed by atoms with E-state index in [1.807, 2.05) is 32.9 Å². The first kappa shape index (κ1) is 15.9. The Labute approximate surface area is 141 Å². The van der Waals surface area contributed by atoms with E-state index in [1.54, 1.807) is 16.2 Å². The maximum absolute atomic E-state index is 12.3. The van der Waals surface area contributed by atoms with Crippen LogP contribution in [0.5, 0.6) is 0 Å². The zero-order valence-corrected chi connectivity index (χ0v) is 14.6. The molecule has 0 unspecified atom stereocenters. The van der Waals surface area contributed by atoms with Gasteiger partial charge in [-0.15, -0.1) is 11.3 Å². The molecular formula is C18H22N2O2S. The number of anilines is 2. The van der Waals surface area contributed by atoms with Gasteiger partial charge in [-0.05, 0) is 62.4 Å². The smallest absolute Gasteiger partial charge is 0.414 e. The molecule has 1 aromatic heterocycles. The Hall–Kier alpha value is -2.01. The molecule has 0 saturated carbocycles. The Morgan fingerprint density at radius 2 is 2.17 bits per heavy atom. The van der Waals surface area contributed by atoms with Gasteiger partial charge in [-0.3, -0.25) is 4.90 Å². The maximum atomic E-state index is 12.3. The number of hydrogen-bond donors (Lipinski definition) is 1. The van der Waals surface area contributed by atoms with Crippen LogP contribution in [0.4, 0.5) is 16.2 Å². The molecule has 1 aliphatic rings. The zero-order chi connectivity index (χ0) is 16.4. The van der Waals surface area contributed by atoms with Crippen LogP contribution in [0.25, 0.3) is 0 Å². The maximum Gasteiger partial charge on any atom is 0.414 e. The van der Waals surface area contributed by atoms with Crippen LogP contribution < -0.4 is 10.2 Å². The van der Waals surface area contributed by atoms with E-state index in [2.05, 4.69) is 28.9 Å². The fourth-order valence-electron chi connectivity index (χ4n) is 2.62. The molecule has 3 rings (SSSR count). The third-order valence-corrected chi connectivity index (χ3v) is 4.51. The molecule has 1 N–H and O–H groups in total. The van der Waals surface area contributed by atoms with E-state index in [9.17, 15) is 4.79 Å². The highest BCUT2D eigenvalue weighted by Crippen LogP contribution is 2.31. The van der Waals surface area contributed by atoms with E-state index in [-0.39, 0.29) is 6.09 Å². The van der Waals surface area contributed by atoms with Crippen molar-refractivity contribution < 1.29 is 9.53 Å². The predicted molar refractivity (Wildman–Crippen MR) is 95.4 cm³/mol. The fraction of sp³-hybridized carbons (Fsp3) is 0.389. The average Bonchev–Trinajstić information content (AvgIpc) is 3.12. The lowest BCUT2D eigenvalue weighted by Crippen LogP contribution is -2.35. The number of thiophene rings is 1. The van der Waals surface area contributed by atoms with E-state index in [1.165, 1.54) is 10.4 Å². The van der Waals surface area contributed by atoms with Gasteiger partial charge in [0.1, 0.15) is 5.60 Å². The summed E-state index contributed by atoms with van der Waals surface area (Å²) in [7, 11) is 0. The molecule has 23 heavy (non-hydrogen) atoms. The summed E-state index contributed by atoms with van der Waals surface area (Å²) in [5, 5.41) is 5.52. The normalized spacial score (nSPS) is 13.8. The van der Waals surface area contributed by atoms with Crippen molar-refractivity contribution in [3.8, 4) is 0 Å². The van der Waals surface area contributed by atoms with Crippen LogP contribution in [0, 0.1) is 0 Å². The van der Waals surface area contributed by atoms with Crippen LogP contribution in [-0.4, -0.2) is 18.2 Å². The predicted octanol–water partition coefficient (Wildman–Crippen LogP) is 4.66. The molecule has 0 saturated heterocycles. The lowest BCUT2D eigenvalue weighted by molar-refractivity contribution is 0.0584. The third kappa shape index (κ3) is 3.85. The Kier molecular flexibility index (Phi) is 4.31. The second kappa shape index (κ2) is 6.24. The van der Waals surface area contributed by atoms with Crippen molar-refractivity contribution >= 4 is 28.8 Å². The van der Waals surface area contributed by atoms with Crippen LogP contribution in [0.3, 0.4) is 0 Å². The van der Waals surface area contributed by atoms with E-state index in [0.717, 1.165) is 24.3 Å². The molecule has 1 aromatic carbocycles. The topological polar surface area (TPSA) is 41.6 Å². The molecule has 122 valence electrons. The summed E-state index contributed by atoms with van der Waals surface area (Å²) in [6.45, 7) is 7.17. The molecule has 1 aliphatic heterocycles. The molecule has 0 atom stereocenters. The summed E-state index contributed by atoms with van der Waals surface area (Å²) in [5.41, 5.74) is 2.76. The number of nitrogens with zero attached hydrogens (tertiary/aromatic N) is 1. The van der Waals surface area contributed by atoms with Crippen molar-refractivity contribution in [2.75, 3.05) is 16.8 Å². The van der Waals surface area contributed by atoms with Gasteiger partial charge in [0.25, 0.3) is 0 Å². The fourth-order valence-corrected chi connectivity index (χ4v) is 3.27. The van der Waals surface area contributed by atoms with Crippen LogP contribution in [0.15, 0.2) is 35.7 Å². The van der Waals surface area contributed by atoms with Gasteiger partial charge in [0.15, 0.2) is 0 Å². The minimum absolute atomic E-state index is 0.268. The number of hydrogen-bond acceptors (Lipinski definition) is 4. The first-order valence-electron chi connectivity index (χ1n) is 7.82. The van der Waals surface area contributed by atoms with Crippen molar-refractivity contribution in [2.45, 2.75) is 39.3 Å². The molecule has 5 heteroatoms. The quantitative estimate of drug-likeness (QED) is 0.890. The first-order valence-corrected chi connectivity index (χ1v) is 8.70. The lowest BCUT2D eigenvalue weighted by Gasteiger charge is -2.24. The average molecular weight is 330 g/mol. The molecule has 0 fully saturated rings. The molecule has 2 heterocycles. The number of rotatable bonds is 3. The summed E-state index contributed by atoms with van der Waals surface area (Å²) >= 11 is 1.75. The molecule has 1 amide bonds. The first-order chi connectivity index (χ1) is 10.9. The summed E-state index contributed by atoms with van der Waals surface area (Å²) in [4.78, 5) is 15.3. The Balaban J connectivity index is 1.68. The number of ether oxygens (including phenoxy) is 1. The van der Waals surface area contributed by atoms with Gasteiger partial charge in [-0.25, -0.2) is 4.79 Å². The SMILES string of the molecule is CC(C)(C)OC(=O)N1CCc2cc(NCc3cccs3)ccc21. The second-order valence-electron chi connectivity index (χ2n) is 6.66. The van der Waals surface area contributed by atoms with Gasteiger partial charge in [0.2, 0.25) is 0 Å². The van der Waals surface area contributed by atoms with Gasteiger partial charge in [0, 0.05) is 23.7 Å². The monoisotopic (exact) mass is 330 g/mol. The lowest BCUT2D eigenvalue weighted by atomic mass is 10.1. The molecule has 2 aromatic rings. The molecular weight excluding hydrogens is 308 g/mol. The number of amides is 1. The summed E-state index contributed by atoms with van der Waals surface area (Å²) in [5.74, 6) is 0. The zero-order valence-electron chi connectivity index (χ0n) is 13.8. The summed E-state index contributed by atoms with van der Waals surface area (Å²) in [6.07, 6.45) is 0.596. The second-order valence-corrected chi connectivity index (χ2v) is 7.69. The van der Waals surface area contributed by atoms with E-state index >= 15 is 0 Å². The number of fused-ring (bicyclic) bond motifs is 1. The largest absolute Gasteiger partial charge is 0.443 e. The minimum Gasteiger partial charge on any atom is -0.443 e. The summed E-state index contributed by atoms with van der Waals surface area (Å²) < 4.78 is 5.48. The molecule has 4 nitrogen and oxygen atoms in total. The standard InChI is InChI=1S/C18H22N2O2S/c1-18(2,3)22-17(21)20-9-8-13-11-14(6-7-16(13)20)19-12-15-5-4-10-23-15/h4-7,10-11,19H,8-9,12H2,1-3H3. The van der Waals surface area contributed by atoms with Crippen LogP contribution in [0.2, 0.25) is 0 Å². The van der Waals surface area contributed by atoms with Crippen molar-refractivity contribution in [1.82, 2.24) is 0 Å². The number of nitrogens with one attached hydrogen (secondary N) is 1. The Morgan fingerprint density at radius 3 is 2.87 bits per heavy atom. The molecule has 0 spiro atoms. The van der Waals surface area contributed by atoms with Crippen LogP contribution in [-0.2, 0) is 17.7 Å². The Morgan fingerprint density at radius 1 is 1.35 bits per heavy atom. The van der Waals surface area contributed by atoms with E-state index in [0.29, 0.717) is 6.54 Å². The van der Waals surface area contributed by atoms with Gasteiger partial charge in [0.05, 0.1) is 5.69 Å². The number of benzene rings is 1. The number of carbonyl (C=O) groups excluding carboxylic acids is 1. The van der Waals surface area contributed by atoms with Crippen molar-refractivity contribution in [1.29, 1.82) is 0 Å². The van der Waals surface area contributed by atoms with Crippen LogP contribution >= 0.6 is 11.3 Å². The molecule has 0 bridgehead atoms. The van der Waals surface area contributed by atoms with Crippen LogP contribution in [0.1, 0.15) is 31.2 Å². The highest BCUT2D eigenvalue weighted by Gasteiger charge is 2.28. The highest BCUT2D eigenvalue weighted by atomic mass is 32.1. The third-order valence-electron chi connectivity index (χ3n) is 3.64. The van der Waals surface area contributed by atoms with Gasteiger partial charge < -0.3 is 10.1 Å². The molecule has 0 aliphatic carbocycles. The van der Waals surface area contributed by atoms with Crippen molar-refractivity contribution in [2.24, 2.45) is 0 Å². The van der Waals surface area contributed by atoms with E-state index in [4.69, 9.17) is 4.74 Å². The highest BCUT2D eigenvalue weighted by molar-refractivity contribution is 7.09. The molecule has 0 radical (unpaired) electrons.